The van der Waals surface area contributed by atoms with E-state index in [0.717, 1.165) is 30.8 Å². The fraction of sp³-hybridized carbons (Fsp3) is 0.462. The quantitative estimate of drug-likeness (QED) is 0.854. The van der Waals surface area contributed by atoms with E-state index in [2.05, 4.69) is 22.2 Å². The van der Waals surface area contributed by atoms with Gasteiger partial charge in [0.2, 0.25) is 0 Å². The van der Waals surface area contributed by atoms with E-state index in [-0.39, 0.29) is 0 Å². The van der Waals surface area contributed by atoms with E-state index >= 15 is 0 Å². The molecule has 1 aromatic carbocycles. The Kier molecular flexibility index (Phi) is 2.83. The molecule has 0 bridgehead atoms. The van der Waals surface area contributed by atoms with Crippen LogP contribution in [0.25, 0.3) is 11.1 Å². The number of hydrogen-bond donors (Lipinski definition) is 2. The Morgan fingerprint density at radius 3 is 3.17 bits per heavy atom. The first-order valence-electron chi connectivity index (χ1n) is 6.27. The highest BCUT2D eigenvalue weighted by Crippen LogP contribution is 2.21. The summed E-state index contributed by atoms with van der Waals surface area (Å²) in [5.74, 6) is 0.305. The van der Waals surface area contributed by atoms with Crippen LogP contribution in [0.3, 0.4) is 0 Å². The number of benzene rings is 1. The molecule has 2 N–H and O–H groups in total. The number of aromatic amines is 1. The summed E-state index contributed by atoms with van der Waals surface area (Å²) in [5.41, 5.74) is 2.47. The summed E-state index contributed by atoms with van der Waals surface area (Å²) in [5, 5.41) is 3.37. The van der Waals surface area contributed by atoms with E-state index in [1.165, 1.54) is 6.42 Å². The number of fused-ring (bicyclic) bond motifs is 1. The zero-order valence-electron chi connectivity index (χ0n) is 10.4. The van der Waals surface area contributed by atoms with Crippen molar-refractivity contribution in [3.63, 3.8) is 0 Å². The summed E-state index contributed by atoms with van der Waals surface area (Å²) in [6.45, 7) is 3.24. The lowest BCUT2D eigenvalue weighted by Crippen LogP contribution is -2.26. The number of oxazole rings is 1. The van der Waals surface area contributed by atoms with E-state index in [4.69, 9.17) is 4.42 Å². The van der Waals surface area contributed by atoms with Crippen LogP contribution in [0.4, 0.5) is 5.69 Å². The summed E-state index contributed by atoms with van der Waals surface area (Å²) in [4.78, 5) is 16.0. The third-order valence-corrected chi connectivity index (χ3v) is 3.54. The highest BCUT2D eigenvalue weighted by Gasteiger charge is 2.16. The summed E-state index contributed by atoms with van der Waals surface area (Å²) < 4.78 is 5.00. The molecule has 0 spiro atoms. The molecule has 18 heavy (non-hydrogen) atoms. The van der Waals surface area contributed by atoms with Crippen LogP contribution in [-0.2, 0) is 0 Å². The Bertz CT molecular complexity index is 596. The van der Waals surface area contributed by atoms with Crippen molar-refractivity contribution in [2.24, 2.45) is 5.92 Å². The van der Waals surface area contributed by atoms with Crippen LogP contribution in [0.2, 0.25) is 0 Å². The second-order valence-corrected chi connectivity index (χ2v) is 4.93. The van der Waals surface area contributed by atoms with Gasteiger partial charge < -0.3 is 14.6 Å². The van der Waals surface area contributed by atoms with E-state index < -0.39 is 5.76 Å². The van der Waals surface area contributed by atoms with Crippen LogP contribution in [0.1, 0.15) is 6.42 Å². The predicted molar refractivity (Wildman–Crippen MR) is 71.1 cm³/mol. The average Bonchev–Trinajstić information content (AvgIpc) is 2.95. The molecule has 1 aliphatic heterocycles. The Morgan fingerprint density at radius 1 is 1.50 bits per heavy atom. The number of anilines is 1. The second-order valence-electron chi connectivity index (χ2n) is 4.93. The molecular formula is C13H17N3O2. The molecule has 1 fully saturated rings. The van der Waals surface area contributed by atoms with Crippen molar-refractivity contribution in [3.8, 4) is 0 Å². The van der Waals surface area contributed by atoms with Crippen LogP contribution in [0, 0.1) is 5.92 Å². The van der Waals surface area contributed by atoms with Crippen molar-refractivity contribution in [1.82, 2.24) is 10.3 Å². The lowest BCUT2D eigenvalue weighted by Gasteiger charge is -2.22. The molecule has 0 radical (unpaired) electrons. The molecule has 5 heteroatoms. The van der Waals surface area contributed by atoms with Gasteiger partial charge in [0.25, 0.3) is 0 Å². The maximum Gasteiger partial charge on any atom is 0.417 e. The first-order valence-corrected chi connectivity index (χ1v) is 6.27. The molecular weight excluding hydrogens is 230 g/mol. The summed E-state index contributed by atoms with van der Waals surface area (Å²) >= 11 is 0. The van der Waals surface area contributed by atoms with Crippen molar-refractivity contribution in [2.45, 2.75) is 6.42 Å². The summed E-state index contributed by atoms with van der Waals surface area (Å²) in [7, 11) is 2.08. The van der Waals surface area contributed by atoms with Crippen LogP contribution in [0.5, 0.6) is 0 Å². The molecule has 1 unspecified atom stereocenters. The topological polar surface area (TPSA) is 61.3 Å². The molecule has 1 aliphatic rings. The largest absolute Gasteiger partial charge is 0.417 e. The third-order valence-electron chi connectivity index (χ3n) is 3.54. The van der Waals surface area contributed by atoms with Gasteiger partial charge in [0.05, 0.1) is 5.52 Å². The lowest BCUT2D eigenvalue weighted by atomic mass is 10.1. The Balaban J connectivity index is 1.81. The Hall–Kier alpha value is -1.75. The monoisotopic (exact) mass is 247 g/mol. The Morgan fingerprint density at radius 2 is 2.39 bits per heavy atom. The number of H-pyrrole nitrogens is 1. The molecule has 0 amide bonds. The molecule has 3 rings (SSSR count). The Labute approximate surface area is 105 Å². The van der Waals surface area contributed by atoms with E-state index in [1.807, 2.05) is 18.2 Å². The first-order chi connectivity index (χ1) is 8.72. The van der Waals surface area contributed by atoms with Crippen molar-refractivity contribution < 1.29 is 4.42 Å². The van der Waals surface area contributed by atoms with Crippen molar-refractivity contribution in [3.05, 3.63) is 28.7 Å². The minimum Gasteiger partial charge on any atom is -0.408 e. The number of hydrogen-bond acceptors (Lipinski definition) is 4. The molecule has 1 atom stereocenters. The molecule has 0 saturated carbocycles. The number of nitrogens with one attached hydrogen (secondary N) is 2. The highest BCUT2D eigenvalue weighted by molar-refractivity contribution is 5.77. The number of aromatic nitrogens is 1. The summed E-state index contributed by atoms with van der Waals surface area (Å²) in [6, 6.07) is 5.79. The van der Waals surface area contributed by atoms with Gasteiger partial charge in [0.1, 0.15) is 0 Å². The van der Waals surface area contributed by atoms with Gasteiger partial charge in [-0.15, -0.1) is 0 Å². The zero-order valence-corrected chi connectivity index (χ0v) is 10.4. The molecule has 0 aliphatic carbocycles. The standard InChI is InChI=1S/C13H17N3O2/c1-16(8-9-4-5-14-7-9)10-2-3-12-11(6-10)15-13(17)18-12/h2-3,6,9,14H,4-5,7-8H2,1H3,(H,15,17). The fourth-order valence-corrected chi connectivity index (χ4v) is 2.54. The van der Waals surface area contributed by atoms with Gasteiger partial charge >= 0.3 is 5.76 Å². The molecule has 1 saturated heterocycles. The molecule has 2 heterocycles. The minimum atomic E-state index is -0.398. The van der Waals surface area contributed by atoms with Crippen molar-refractivity contribution in [1.29, 1.82) is 0 Å². The second kappa shape index (κ2) is 4.49. The normalized spacial score (nSPS) is 19.5. The van der Waals surface area contributed by atoms with Gasteiger partial charge in [-0.1, -0.05) is 0 Å². The molecule has 1 aromatic heterocycles. The van der Waals surface area contributed by atoms with Crippen LogP contribution in [-0.4, -0.2) is 31.7 Å². The van der Waals surface area contributed by atoms with Gasteiger partial charge in [0.15, 0.2) is 5.58 Å². The maximum absolute atomic E-state index is 11.1. The average molecular weight is 247 g/mol. The maximum atomic E-state index is 11.1. The zero-order chi connectivity index (χ0) is 12.5. The van der Waals surface area contributed by atoms with Gasteiger partial charge in [-0.3, -0.25) is 4.98 Å². The smallest absolute Gasteiger partial charge is 0.408 e. The van der Waals surface area contributed by atoms with E-state index in [1.54, 1.807) is 0 Å². The highest BCUT2D eigenvalue weighted by atomic mass is 16.4. The number of nitrogens with zero attached hydrogens (tertiary/aromatic N) is 1. The van der Waals surface area contributed by atoms with Crippen LogP contribution < -0.4 is 16.0 Å². The molecule has 5 nitrogen and oxygen atoms in total. The number of rotatable bonds is 3. The predicted octanol–water partition coefficient (Wildman–Crippen LogP) is 1.17. The van der Waals surface area contributed by atoms with Crippen LogP contribution in [0.15, 0.2) is 27.4 Å². The van der Waals surface area contributed by atoms with Gasteiger partial charge in [-0.2, -0.15) is 0 Å². The van der Waals surface area contributed by atoms with Crippen molar-refractivity contribution in [2.75, 3.05) is 31.6 Å². The van der Waals surface area contributed by atoms with Gasteiger partial charge in [0, 0.05) is 19.3 Å². The fourth-order valence-electron chi connectivity index (χ4n) is 2.54. The molecule has 96 valence electrons. The van der Waals surface area contributed by atoms with Gasteiger partial charge in [-0.05, 0) is 43.6 Å². The minimum absolute atomic E-state index is 0.398. The SMILES string of the molecule is CN(CC1CCNC1)c1ccc2oc(=O)[nH]c2c1. The van der Waals surface area contributed by atoms with Crippen LogP contribution >= 0.6 is 0 Å². The van der Waals surface area contributed by atoms with Crippen molar-refractivity contribution >= 4 is 16.8 Å². The lowest BCUT2D eigenvalue weighted by molar-refractivity contribution is 0.555. The van der Waals surface area contributed by atoms with E-state index in [0.29, 0.717) is 11.5 Å². The van der Waals surface area contributed by atoms with Gasteiger partial charge in [-0.25, -0.2) is 4.79 Å². The first kappa shape index (κ1) is 11.3. The molecule has 2 aromatic rings. The van der Waals surface area contributed by atoms with E-state index in [9.17, 15) is 4.79 Å². The third kappa shape index (κ3) is 2.13. The summed E-state index contributed by atoms with van der Waals surface area (Å²) in [6.07, 6.45) is 1.23.